The summed E-state index contributed by atoms with van der Waals surface area (Å²) in [4.78, 5) is 14.1. The third-order valence-electron chi connectivity index (χ3n) is 2.89. The van der Waals surface area contributed by atoms with Crippen LogP contribution >= 0.6 is 27.5 Å². The van der Waals surface area contributed by atoms with Crippen LogP contribution in [0.5, 0.6) is 0 Å². The average Bonchev–Trinajstić information content (AvgIpc) is 2.68. The summed E-state index contributed by atoms with van der Waals surface area (Å²) in [6.45, 7) is 0. The highest BCUT2D eigenvalue weighted by atomic mass is 79.9. The Kier molecular flexibility index (Phi) is 4.40. The number of aromatic nitrogens is 1. The van der Waals surface area contributed by atoms with E-state index in [4.69, 9.17) is 11.6 Å². The minimum atomic E-state index is -0.174. The van der Waals surface area contributed by atoms with Crippen LogP contribution in [0, 0.1) is 0 Å². The first kappa shape index (κ1) is 14.9. The molecule has 2 rings (SSSR count). The summed E-state index contributed by atoms with van der Waals surface area (Å²) in [5.74, 6) is -0.174. The number of carbonyl (C=O) groups is 1. The molecule has 0 radical (unpaired) electrons. The SMILES string of the molecule is CN(C)c1ccc(NC(=O)c2cc(Br)cn2C)cc1Cl. The number of nitrogens with zero attached hydrogens (tertiary/aromatic N) is 2. The van der Waals surface area contributed by atoms with E-state index in [0.29, 0.717) is 16.4 Å². The predicted octanol–water partition coefficient (Wildman–Crippen LogP) is 3.76. The summed E-state index contributed by atoms with van der Waals surface area (Å²) >= 11 is 9.53. The van der Waals surface area contributed by atoms with E-state index in [9.17, 15) is 4.79 Å². The van der Waals surface area contributed by atoms with Crippen LogP contribution in [0.25, 0.3) is 0 Å². The quantitative estimate of drug-likeness (QED) is 0.909. The minimum Gasteiger partial charge on any atom is -0.376 e. The number of hydrogen-bond donors (Lipinski definition) is 1. The van der Waals surface area contributed by atoms with Crippen molar-refractivity contribution in [3.8, 4) is 0 Å². The number of carbonyl (C=O) groups excluding carboxylic acids is 1. The van der Waals surface area contributed by atoms with Crippen LogP contribution in [0.15, 0.2) is 34.9 Å². The van der Waals surface area contributed by atoms with Crippen LogP contribution in [-0.4, -0.2) is 24.6 Å². The second-order valence-corrected chi connectivity index (χ2v) is 5.99. The fourth-order valence-corrected chi connectivity index (χ4v) is 2.77. The normalized spacial score (nSPS) is 10.4. The molecule has 1 aromatic carbocycles. The molecule has 0 atom stereocenters. The first-order chi connectivity index (χ1) is 9.38. The molecule has 0 aliphatic rings. The van der Waals surface area contributed by atoms with E-state index < -0.39 is 0 Å². The van der Waals surface area contributed by atoms with Gasteiger partial charge in [-0.05, 0) is 40.2 Å². The van der Waals surface area contributed by atoms with E-state index >= 15 is 0 Å². The van der Waals surface area contributed by atoms with Crippen LogP contribution < -0.4 is 10.2 Å². The first-order valence-corrected chi connectivity index (χ1v) is 7.15. The number of halogens is 2. The highest BCUT2D eigenvalue weighted by Crippen LogP contribution is 2.27. The fourth-order valence-electron chi connectivity index (χ4n) is 1.89. The number of nitrogens with one attached hydrogen (secondary N) is 1. The Morgan fingerprint density at radius 2 is 2.05 bits per heavy atom. The van der Waals surface area contributed by atoms with Crippen molar-refractivity contribution in [1.82, 2.24) is 4.57 Å². The Labute approximate surface area is 131 Å². The Morgan fingerprint density at radius 3 is 2.55 bits per heavy atom. The van der Waals surface area contributed by atoms with Crippen molar-refractivity contribution < 1.29 is 4.79 Å². The molecule has 20 heavy (non-hydrogen) atoms. The molecule has 2 aromatic rings. The number of anilines is 2. The van der Waals surface area contributed by atoms with Gasteiger partial charge in [0.2, 0.25) is 0 Å². The van der Waals surface area contributed by atoms with Crippen LogP contribution in [-0.2, 0) is 7.05 Å². The molecule has 0 unspecified atom stereocenters. The zero-order valence-electron chi connectivity index (χ0n) is 11.4. The fraction of sp³-hybridized carbons (Fsp3) is 0.214. The average molecular weight is 357 g/mol. The van der Waals surface area contributed by atoms with Crippen molar-refractivity contribution in [2.24, 2.45) is 7.05 Å². The van der Waals surface area contributed by atoms with Crippen molar-refractivity contribution in [1.29, 1.82) is 0 Å². The summed E-state index contributed by atoms with van der Waals surface area (Å²) in [7, 11) is 5.66. The topological polar surface area (TPSA) is 37.3 Å². The van der Waals surface area contributed by atoms with E-state index in [-0.39, 0.29) is 5.91 Å². The maximum absolute atomic E-state index is 12.2. The molecule has 4 nitrogen and oxygen atoms in total. The maximum atomic E-state index is 12.2. The third-order valence-corrected chi connectivity index (χ3v) is 3.63. The number of hydrogen-bond acceptors (Lipinski definition) is 2. The largest absolute Gasteiger partial charge is 0.376 e. The van der Waals surface area contributed by atoms with Gasteiger partial charge in [0.25, 0.3) is 5.91 Å². The van der Waals surface area contributed by atoms with Crippen molar-refractivity contribution in [2.45, 2.75) is 0 Å². The van der Waals surface area contributed by atoms with Crippen LogP contribution in [0.3, 0.4) is 0 Å². The van der Waals surface area contributed by atoms with Gasteiger partial charge in [-0.1, -0.05) is 11.6 Å². The second kappa shape index (κ2) is 5.89. The van der Waals surface area contributed by atoms with Crippen molar-refractivity contribution in [2.75, 3.05) is 24.3 Å². The molecule has 0 bridgehead atoms. The minimum absolute atomic E-state index is 0.174. The van der Waals surface area contributed by atoms with Gasteiger partial charge in [-0.15, -0.1) is 0 Å². The monoisotopic (exact) mass is 355 g/mol. The van der Waals surface area contributed by atoms with Crippen LogP contribution in [0.2, 0.25) is 5.02 Å². The van der Waals surface area contributed by atoms with Crippen molar-refractivity contribution >= 4 is 44.8 Å². The van der Waals surface area contributed by atoms with Gasteiger partial charge < -0.3 is 14.8 Å². The molecule has 0 aliphatic heterocycles. The van der Waals surface area contributed by atoms with E-state index in [1.165, 1.54) is 0 Å². The lowest BCUT2D eigenvalue weighted by atomic mass is 10.2. The lowest BCUT2D eigenvalue weighted by Crippen LogP contribution is -2.15. The zero-order chi connectivity index (χ0) is 14.9. The number of rotatable bonds is 3. The Hall–Kier alpha value is -1.46. The molecule has 0 saturated heterocycles. The summed E-state index contributed by atoms with van der Waals surface area (Å²) < 4.78 is 2.63. The van der Waals surface area contributed by atoms with Gasteiger partial charge in [-0.3, -0.25) is 4.79 Å². The van der Waals surface area contributed by atoms with E-state index in [0.717, 1.165) is 10.2 Å². The Bertz CT molecular complexity index is 652. The number of benzene rings is 1. The van der Waals surface area contributed by atoms with E-state index in [2.05, 4.69) is 21.2 Å². The summed E-state index contributed by atoms with van der Waals surface area (Å²) in [6, 6.07) is 7.22. The molecular formula is C14H15BrClN3O. The standard InChI is InChI=1S/C14H15BrClN3O/c1-18(2)12-5-4-10(7-11(12)16)17-14(20)13-6-9(15)8-19(13)3/h4-8H,1-3H3,(H,17,20). The van der Waals surface area contributed by atoms with E-state index in [1.54, 1.807) is 16.7 Å². The second-order valence-electron chi connectivity index (χ2n) is 4.67. The molecule has 106 valence electrons. The molecule has 1 amide bonds. The van der Waals surface area contributed by atoms with Crippen LogP contribution in [0.1, 0.15) is 10.5 Å². The van der Waals surface area contributed by atoms with Gasteiger partial charge in [-0.2, -0.15) is 0 Å². The summed E-state index contributed by atoms with van der Waals surface area (Å²) in [5.41, 5.74) is 2.15. The Balaban J connectivity index is 2.20. The predicted molar refractivity (Wildman–Crippen MR) is 86.8 cm³/mol. The number of aryl methyl sites for hydroxylation is 1. The van der Waals surface area contributed by atoms with Crippen molar-refractivity contribution in [3.63, 3.8) is 0 Å². The molecular weight excluding hydrogens is 342 g/mol. The molecule has 1 heterocycles. The van der Waals surface area contributed by atoms with E-state index in [1.807, 2.05) is 44.4 Å². The molecule has 1 N–H and O–H groups in total. The van der Waals surface area contributed by atoms with Gasteiger partial charge >= 0.3 is 0 Å². The lowest BCUT2D eigenvalue weighted by molar-refractivity contribution is 0.101. The smallest absolute Gasteiger partial charge is 0.272 e. The number of amides is 1. The molecule has 6 heteroatoms. The van der Waals surface area contributed by atoms with Crippen molar-refractivity contribution in [3.05, 3.63) is 45.7 Å². The van der Waals surface area contributed by atoms with Gasteiger partial charge in [-0.25, -0.2) is 0 Å². The molecule has 0 spiro atoms. The Morgan fingerprint density at radius 1 is 1.35 bits per heavy atom. The third kappa shape index (κ3) is 3.16. The molecule has 0 saturated carbocycles. The van der Waals surface area contributed by atoms with Gasteiger partial charge in [0.15, 0.2) is 0 Å². The van der Waals surface area contributed by atoms with Gasteiger partial charge in [0, 0.05) is 37.5 Å². The maximum Gasteiger partial charge on any atom is 0.272 e. The van der Waals surface area contributed by atoms with Crippen LogP contribution in [0.4, 0.5) is 11.4 Å². The molecule has 0 fully saturated rings. The highest BCUT2D eigenvalue weighted by molar-refractivity contribution is 9.10. The molecule has 1 aromatic heterocycles. The summed E-state index contributed by atoms with van der Waals surface area (Å²) in [6.07, 6.45) is 1.83. The summed E-state index contributed by atoms with van der Waals surface area (Å²) in [5, 5.41) is 3.43. The first-order valence-electron chi connectivity index (χ1n) is 5.98. The van der Waals surface area contributed by atoms with Gasteiger partial charge in [0.05, 0.1) is 10.7 Å². The zero-order valence-corrected chi connectivity index (χ0v) is 13.8. The van der Waals surface area contributed by atoms with Gasteiger partial charge in [0.1, 0.15) is 5.69 Å². The lowest BCUT2D eigenvalue weighted by Gasteiger charge is -2.15. The highest BCUT2D eigenvalue weighted by Gasteiger charge is 2.12. The molecule has 0 aliphatic carbocycles.